The third-order valence-electron chi connectivity index (χ3n) is 1.44. The van der Waals surface area contributed by atoms with Gasteiger partial charge < -0.3 is 20.4 Å². The first-order valence-corrected chi connectivity index (χ1v) is 4.30. The van der Waals surface area contributed by atoms with Gasteiger partial charge in [-0.25, -0.2) is 4.79 Å². The van der Waals surface area contributed by atoms with E-state index in [4.69, 9.17) is 20.4 Å². The number of aliphatic hydroxyl groups is 3. The summed E-state index contributed by atoms with van der Waals surface area (Å²) in [5, 5.41) is 32.4. The fourth-order valence-electron chi connectivity index (χ4n) is 0.638. The zero-order chi connectivity index (χ0) is 11.7. The van der Waals surface area contributed by atoms with E-state index >= 15 is 0 Å². The zero-order valence-corrected chi connectivity index (χ0v) is 8.08. The molecule has 84 valence electrons. The minimum absolute atomic E-state index is 0.331. The Hall–Kier alpha value is -1.43. The Kier molecular flexibility index (Phi) is 7.17. The van der Waals surface area contributed by atoms with Gasteiger partial charge in [0.05, 0.1) is 18.8 Å². The molecule has 5 heteroatoms. The Morgan fingerprint density at radius 2 is 1.60 bits per heavy atom. The standard InChI is InChI=1S/C7H6O2.C3H8O3/c8-7(9)6-4-2-1-3-5-6;4-1-3(6)2-5/h1-5H,(H,8,9);3-6H,1-2H2. The molecule has 0 heterocycles. The van der Waals surface area contributed by atoms with Crippen molar-refractivity contribution in [3.8, 4) is 0 Å². The van der Waals surface area contributed by atoms with Crippen molar-refractivity contribution in [1.29, 1.82) is 0 Å². The van der Waals surface area contributed by atoms with Crippen LogP contribution >= 0.6 is 0 Å². The van der Waals surface area contributed by atoms with Crippen molar-refractivity contribution in [2.45, 2.75) is 6.10 Å². The van der Waals surface area contributed by atoms with Gasteiger partial charge in [0.25, 0.3) is 0 Å². The Labute approximate surface area is 87.2 Å². The van der Waals surface area contributed by atoms with Crippen molar-refractivity contribution in [3.05, 3.63) is 35.9 Å². The Bertz CT molecular complexity index is 268. The normalized spacial score (nSPS) is 9.33. The average molecular weight is 214 g/mol. The molecule has 0 spiro atoms. The highest BCUT2D eigenvalue weighted by Crippen LogP contribution is 1.96. The summed E-state index contributed by atoms with van der Waals surface area (Å²) in [6.07, 6.45) is -0.954. The monoisotopic (exact) mass is 214 g/mol. The molecular weight excluding hydrogens is 200 g/mol. The summed E-state index contributed by atoms with van der Waals surface area (Å²) in [4.78, 5) is 10.2. The van der Waals surface area contributed by atoms with E-state index in [0.717, 1.165) is 0 Å². The second-order valence-electron chi connectivity index (χ2n) is 2.69. The molecule has 0 aromatic heterocycles. The van der Waals surface area contributed by atoms with Crippen LogP contribution in [-0.2, 0) is 0 Å². The quantitative estimate of drug-likeness (QED) is 0.554. The summed E-state index contributed by atoms with van der Waals surface area (Å²) < 4.78 is 0. The van der Waals surface area contributed by atoms with Gasteiger partial charge in [0.1, 0.15) is 6.10 Å². The van der Waals surface area contributed by atoms with Crippen molar-refractivity contribution in [2.75, 3.05) is 13.2 Å². The van der Waals surface area contributed by atoms with Gasteiger partial charge >= 0.3 is 5.97 Å². The van der Waals surface area contributed by atoms with E-state index in [1.165, 1.54) is 0 Å². The topological polar surface area (TPSA) is 98.0 Å². The van der Waals surface area contributed by atoms with Crippen LogP contribution in [0, 0.1) is 0 Å². The second-order valence-corrected chi connectivity index (χ2v) is 2.69. The number of hydrogen-bond donors (Lipinski definition) is 4. The van der Waals surface area contributed by atoms with Crippen LogP contribution in [0.3, 0.4) is 0 Å². The zero-order valence-electron chi connectivity index (χ0n) is 8.08. The lowest BCUT2D eigenvalue weighted by Gasteiger charge is -1.96. The molecule has 0 saturated carbocycles. The van der Waals surface area contributed by atoms with Crippen molar-refractivity contribution in [1.82, 2.24) is 0 Å². The van der Waals surface area contributed by atoms with E-state index in [2.05, 4.69) is 0 Å². The van der Waals surface area contributed by atoms with Crippen LogP contribution in [0.2, 0.25) is 0 Å². The predicted octanol–water partition coefficient (Wildman–Crippen LogP) is -0.283. The maximum Gasteiger partial charge on any atom is 0.335 e. The number of carboxylic acids is 1. The molecule has 1 aromatic carbocycles. The molecule has 0 amide bonds. The maximum atomic E-state index is 10.2. The van der Waals surface area contributed by atoms with Crippen LogP contribution in [0.1, 0.15) is 10.4 Å². The first kappa shape index (κ1) is 13.6. The van der Waals surface area contributed by atoms with Gasteiger partial charge in [0.2, 0.25) is 0 Å². The Balaban J connectivity index is 0.000000288. The Morgan fingerprint density at radius 3 is 1.80 bits per heavy atom. The smallest absolute Gasteiger partial charge is 0.335 e. The number of aliphatic hydroxyl groups excluding tert-OH is 3. The molecule has 4 N–H and O–H groups in total. The van der Waals surface area contributed by atoms with Gasteiger partial charge in [-0.05, 0) is 12.1 Å². The molecule has 5 nitrogen and oxygen atoms in total. The van der Waals surface area contributed by atoms with Gasteiger partial charge in [-0.1, -0.05) is 18.2 Å². The maximum absolute atomic E-state index is 10.2. The fraction of sp³-hybridized carbons (Fsp3) is 0.300. The molecule has 0 aliphatic rings. The molecule has 0 unspecified atom stereocenters. The van der Waals surface area contributed by atoms with Crippen molar-refractivity contribution in [2.24, 2.45) is 0 Å². The van der Waals surface area contributed by atoms with Crippen molar-refractivity contribution < 1.29 is 25.2 Å². The predicted molar refractivity (Wildman–Crippen MR) is 53.6 cm³/mol. The molecular formula is C10H14O5. The lowest BCUT2D eigenvalue weighted by Crippen LogP contribution is -2.15. The molecule has 15 heavy (non-hydrogen) atoms. The number of carbonyl (C=O) groups is 1. The molecule has 0 fully saturated rings. The van der Waals surface area contributed by atoms with Gasteiger partial charge in [0.15, 0.2) is 0 Å². The molecule has 0 aliphatic heterocycles. The molecule has 0 bridgehead atoms. The van der Waals surface area contributed by atoms with Crippen LogP contribution in [0.25, 0.3) is 0 Å². The van der Waals surface area contributed by atoms with Gasteiger partial charge in [-0.2, -0.15) is 0 Å². The highest BCUT2D eigenvalue weighted by Gasteiger charge is 1.96. The highest BCUT2D eigenvalue weighted by atomic mass is 16.4. The largest absolute Gasteiger partial charge is 0.478 e. The van der Waals surface area contributed by atoms with Crippen LogP contribution in [0.4, 0.5) is 0 Å². The van der Waals surface area contributed by atoms with E-state index in [1.807, 2.05) is 0 Å². The van der Waals surface area contributed by atoms with Crippen LogP contribution in [0.5, 0.6) is 0 Å². The van der Waals surface area contributed by atoms with Crippen LogP contribution in [0.15, 0.2) is 30.3 Å². The molecule has 0 aliphatic carbocycles. The summed E-state index contributed by atoms with van der Waals surface area (Å²) in [6, 6.07) is 8.30. The van der Waals surface area contributed by atoms with Crippen molar-refractivity contribution >= 4 is 5.97 Å². The van der Waals surface area contributed by atoms with Crippen LogP contribution in [-0.4, -0.2) is 45.7 Å². The van der Waals surface area contributed by atoms with Gasteiger partial charge in [0, 0.05) is 0 Å². The lowest BCUT2D eigenvalue weighted by molar-refractivity contribution is 0.0450. The first-order valence-electron chi connectivity index (χ1n) is 4.30. The Morgan fingerprint density at radius 1 is 1.13 bits per heavy atom. The molecule has 1 rings (SSSR count). The SMILES string of the molecule is O=C(O)c1ccccc1.OCC(O)CO. The third-order valence-corrected chi connectivity index (χ3v) is 1.44. The van der Waals surface area contributed by atoms with Crippen LogP contribution < -0.4 is 0 Å². The van der Waals surface area contributed by atoms with E-state index in [1.54, 1.807) is 30.3 Å². The molecule has 0 saturated heterocycles. The fourth-order valence-corrected chi connectivity index (χ4v) is 0.638. The van der Waals surface area contributed by atoms with E-state index < -0.39 is 12.1 Å². The van der Waals surface area contributed by atoms with Gasteiger partial charge in [-0.3, -0.25) is 0 Å². The summed E-state index contributed by atoms with van der Waals surface area (Å²) >= 11 is 0. The third kappa shape index (κ3) is 6.62. The lowest BCUT2D eigenvalue weighted by atomic mass is 10.2. The van der Waals surface area contributed by atoms with E-state index in [9.17, 15) is 4.79 Å². The average Bonchev–Trinajstić information content (AvgIpc) is 2.30. The second kappa shape index (κ2) is 7.93. The summed E-state index contributed by atoms with van der Waals surface area (Å²) in [5.41, 5.74) is 0.331. The summed E-state index contributed by atoms with van der Waals surface area (Å²) in [5.74, 6) is -0.879. The molecule has 1 aromatic rings. The number of carboxylic acid groups (broad SMARTS) is 1. The minimum Gasteiger partial charge on any atom is -0.478 e. The number of rotatable bonds is 3. The minimum atomic E-state index is -0.954. The number of benzene rings is 1. The summed E-state index contributed by atoms with van der Waals surface area (Å²) in [7, 11) is 0. The van der Waals surface area contributed by atoms with Gasteiger partial charge in [-0.15, -0.1) is 0 Å². The first-order chi connectivity index (χ1) is 7.11. The molecule has 0 atom stereocenters. The number of hydrogen-bond acceptors (Lipinski definition) is 4. The highest BCUT2D eigenvalue weighted by molar-refractivity contribution is 5.87. The van der Waals surface area contributed by atoms with Crippen molar-refractivity contribution in [3.63, 3.8) is 0 Å². The number of aromatic carboxylic acids is 1. The van der Waals surface area contributed by atoms with E-state index in [-0.39, 0.29) is 13.2 Å². The van der Waals surface area contributed by atoms with E-state index in [0.29, 0.717) is 5.56 Å². The summed E-state index contributed by atoms with van der Waals surface area (Å²) in [6.45, 7) is -0.729. The molecule has 0 radical (unpaired) electrons.